The van der Waals surface area contributed by atoms with Gasteiger partial charge in [-0.3, -0.25) is 14.1 Å². The van der Waals surface area contributed by atoms with Gasteiger partial charge in [-0.2, -0.15) is 0 Å². The van der Waals surface area contributed by atoms with Gasteiger partial charge in [-0.15, -0.1) is 0 Å². The van der Waals surface area contributed by atoms with Crippen LogP contribution >= 0.6 is 0 Å². The molecule has 2 aromatic rings. The Balaban J connectivity index is 2.02. The van der Waals surface area contributed by atoms with Crippen molar-refractivity contribution in [1.29, 1.82) is 0 Å². The normalized spacial score (nSPS) is 11.2. The lowest BCUT2D eigenvalue weighted by atomic mass is 10.1. The number of pyridine rings is 1. The van der Waals surface area contributed by atoms with Crippen molar-refractivity contribution in [3.63, 3.8) is 0 Å². The maximum absolute atomic E-state index is 12.1. The van der Waals surface area contributed by atoms with Crippen molar-refractivity contribution in [3.8, 4) is 0 Å². The smallest absolute Gasteiger partial charge is 0.232 e. The SMILES string of the molecule is Cc1ccc(N(CCC(=O)NCc2ccccn2)S(C)(=O)=O)c(C)c1. The molecule has 1 heterocycles. The summed E-state index contributed by atoms with van der Waals surface area (Å²) < 4.78 is 25.6. The second kappa shape index (κ2) is 8.11. The molecular weight excluding hydrogens is 338 g/mol. The quantitative estimate of drug-likeness (QED) is 0.820. The van der Waals surface area contributed by atoms with Gasteiger partial charge in [0.05, 0.1) is 24.2 Å². The van der Waals surface area contributed by atoms with Gasteiger partial charge >= 0.3 is 0 Å². The fourth-order valence-corrected chi connectivity index (χ4v) is 3.52. The van der Waals surface area contributed by atoms with Crippen molar-refractivity contribution in [2.45, 2.75) is 26.8 Å². The number of nitrogens with one attached hydrogen (secondary N) is 1. The van der Waals surface area contributed by atoms with E-state index in [1.54, 1.807) is 18.3 Å². The van der Waals surface area contributed by atoms with Crippen molar-refractivity contribution in [1.82, 2.24) is 10.3 Å². The fourth-order valence-electron chi connectivity index (χ4n) is 2.53. The lowest BCUT2D eigenvalue weighted by Gasteiger charge is -2.24. The molecule has 2 rings (SSSR count). The number of sulfonamides is 1. The molecule has 1 N–H and O–H groups in total. The first-order valence-corrected chi connectivity index (χ1v) is 9.84. The molecule has 1 aromatic carbocycles. The van der Waals surface area contributed by atoms with Gasteiger partial charge in [0.25, 0.3) is 0 Å². The van der Waals surface area contributed by atoms with Gasteiger partial charge in [0, 0.05) is 19.2 Å². The third-order valence-corrected chi connectivity index (χ3v) is 4.94. The highest BCUT2D eigenvalue weighted by atomic mass is 32.2. The topological polar surface area (TPSA) is 79.4 Å². The minimum Gasteiger partial charge on any atom is -0.350 e. The molecule has 0 bridgehead atoms. The molecule has 0 atom stereocenters. The van der Waals surface area contributed by atoms with E-state index in [9.17, 15) is 13.2 Å². The molecule has 0 unspecified atom stereocenters. The summed E-state index contributed by atoms with van der Waals surface area (Å²) in [6.45, 7) is 4.23. The number of amides is 1. The Morgan fingerprint density at radius 1 is 1.20 bits per heavy atom. The zero-order valence-corrected chi connectivity index (χ0v) is 15.5. The molecule has 134 valence electrons. The van der Waals surface area contributed by atoms with Crippen LogP contribution in [0.15, 0.2) is 42.6 Å². The second-order valence-corrected chi connectivity index (χ2v) is 7.88. The standard InChI is InChI=1S/C18H23N3O3S/c1-14-7-8-17(15(2)12-14)21(25(3,23)24)11-9-18(22)20-13-16-6-4-5-10-19-16/h4-8,10,12H,9,11,13H2,1-3H3,(H,20,22). The molecule has 0 saturated heterocycles. The number of hydrogen-bond acceptors (Lipinski definition) is 4. The Morgan fingerprint density at radius 2 is 1.96 bits per heavy atom. The van der Waals surface area contributed by atoms with E-state index >= 15 is 0 Å². The molecule has 0 aliphatic rings. The van der Waals surface area contributed by atoms with Gasteiger partial charge in [-0.05, 0) is 37.6 Å². The predicted molar refractivity (Wildman–Crippen MR) is 98.8 cm³/mol. The summed E-state index contributed by atoms with van der Waals surface area (Å²) in [4.78, 5) is 16.2. The van der Waals surface area contributed by atoms with E-state index in [-0.39, 0.29) is 18.9 Å². The van der Waals surface area contributed by atoms with Gasteiger partial charge in [-0.25, -0.2) is 8.42 Å². The molecule has 1 amide bonds. The van der Waals surface area contributed by atoms with E-state index in [2.05, 4.69) is 10.3 Å². The first-order valence-electron chi connectivity index (χ1n) is 7.99. The van der Waals surface area contributed by atoms with E-state index in [1.165, 1.54) is 4.31 Å². The van der Waals surface area contributed by atoms with Crippen LogP contribution in [0.1, 0.15) is 23.2 Å². The minimum absolute atomic E-state index is 0.0766. The molecule has 7 heteroatoms. The number of anilines is 1. The van der Waals surface area contributed by atoms with Crippen LogP contribution in [-0.2, 0) is 21.4 Å². The molecule has 0 radical (unpaired) electrons. The van der Waals surface area contributed by atoms with Gasteiger partial charge in [0.15, 0.2) is 0 Å². The number of nitrogens with zero attached hydrogens (tertiary/aromatic N) is 2. The largest absolute Gasteiger partial charge is 0.350 e. The van der Waals surface area contributed by atoms with E-state index in [0.29, 0.717) is 12.2 Å². The molecule has 0 aliphatic heterocycles. The minimum atomic E-state index is -3.48. The van der Waals surface area contributed by atoms with Crippen LogP contribution in [0, 0.1) is 13.8 Å². The predicted octanol–water partition coefficient (Wildman–Crippen LogP) is 2.17. The average Bonchev–Trinajstić information content (AvgIpc) is 2.54. The number of aryl methyl sites for hydroxylation is 2. The fraction of sp³-hybridized carbons (Fsp3) is 0.333. The maximum Gasteiger partial charge on any atom is 0.232 e. The summed E-state index contributed by atoms with van der Waals surface area (Å²) >= 11 is 0. The number of aromatic nitrogens is 1. The van der Waals surface area contributed by atoms with Gasteiger partial charge < -0.3 is 5.32 Å². The van der Waals surface area contributed by atoms with Crippen molar-refractivity contribution < 1.29 is 13.2 Å². The van der Waals surface area contributed by atoms with E-state index in [4.69, 9.17) is 0 Å². The van der Waals surface area contributed by atoms with Crippen molar-refractivity contribution in [2.24, 2.45) is 0 Å². The van der Waals surface area contributed by atoms with Crippen LogP contribution < -0.4 is 9.62 Å². The zero-order chi connectivity index (χ0) is 18.4. The Labute approximate surface area is 148 Å². The number of carbonyl (C=O) groups is 1. The van der Waals surface area contributed by atoms with Gasteiger partial charge in [0.2, 0.25) is 15.9 Å². The van der Waals surface area contributed by atoms with E-state index < -0.39 is 10.0 Å². The lowest BCUT2D eigenvalue weighted by molar-refractivity contribution is -0.121. The van der Waals surface area contributed by atoms with Crippen molar-refractivity contribution >= 4 is 21.6 Å². The summed E-state index contributed by atoms with van der Waals surface area (Å²) in [7, 11) is -3.48. The molecule has 25 heavy (non-hydrogen) atoms. The Hall–Kier alpha value is -2.41. The van der Waals surface area contributed by atoms with Crippen molar-refractivity contribution in [3.05, 3.63) is 59.4 Å². The first-order chi connectivity index (χ1) is 11.8. The van der Waals surface area contributed by atoms with E-state index in [0.717, 1.165) is 23.1 Å². The number of carbonyl (C=O) groups excluding carboxylic acids is 1. The highest BCUT2D eigenvalue weighted by molar-refractivity contribution is 7.92. The number of benzene rings is 1. The van der Waals surface area contributed by atoms with Crippen molar-refractivity contribution in [2.75, 3.05) is 17.1 Å². The van der Waals surface area contributed by atoms with Crippen LogP contribution in [0.4, 0.5) is 5.69 Å². The molecule has 1 aromatic heterocycles. The van der Waals surface area contributed by atoms with Crippen LogP contribution in [0.3, 0.4) is 0 Å². The number of hydrogen-bond donors (Lipinski definition) is 1. The van der Waals surface area contributed by atoms with Gasteiger partial charge in [-0.1, -0.05) is 23.8 Å². The Bertz CT molecular complexity index is 836. The van der Waals surface area contributed by atoms with Crippen LogP contribution in [0.5, 0.6) is 0 Å². The monoisotopic (exact) mass is 361 g/mol. The maximum atomic E-state index is 12.1. The van der Waals surface area contributed by atoms with Crippen LogP contribution in [0.2, 0.25) is 0 Å². The summed E-state index contributed by atoms with van der Waals surface area (Å²) in [6, 6.07) is 11.0. The summed E-state index contributed by atoms with van der Waals surface area (Å²) in [5, 5.41) is 2.76. The third kappa shape index (κ3) is 5.56. The average molecular weight is 361 g/mol. The second-order valence-electron chi connectivity index (χ2n) is 5.97. The highest BCUT2D eigenvalue weighted by Gasteiger charge is 2.20. The summed E-state index contributed by atoms with van der Waals surface area (Å²) in [5.41, 5.74) is 3.28. The highest BCUT2D eigenvalue weighted by Crippen LogP contribution is 2.23. The molecule has 0 saturated carbocycles. The summed E-state index contributed by atoms with van der Waals surface area (Å²) in [5.74, 6) is -0.218. The molecule has 0 spiro atoms. The lowest BCUT2D eigenvalue weighted by Crippen LogP contribution is -2.35. The van der Waals surface area contributed by atoms with E-state index in [1.807, 2.05) is 38.1 Å². The van der Waals surface area contributed by atoms with Crippen LogP contribution in [0.25, 0.3) is 0 Å². The zero-order valence-electron chi connectivity index (χ0n) is 14.7. The molecular formula is C18H23N3O3S. The molecule has 6 nitrogen and oxygen atoms in total. The molecule has 0 fully saturated rings. The van der Waals surface area contributed by atoms with Gasteiger partial charge in [0.1, 0.15) is 0 Å². The third-order valence-electron chi connectivity index (χ3n) is 3.76. The Kier molecular flexibility index (Phi) is 6.14. The Morgan fingerprint density at radius 3 is 2.56 bits per heavy atom. The van der Waals surface area contributed by atoms with Crippen LogP contribution in [-0.4, -0.2) is 32.1 Å². The molecule has 0 aliphatic carbocycles. The number of rotatable bonds is 7. The summed E-state index contributed by atoms with van der Waals surface area (Å²) in [6.07, 6.45) is 2.89. The first kappa shape index (κ1) is 18.9.